The van der Waals surface area contributed by atoms with Crippen LogP contribution in [0.25, 0.3) is 38.4 Å². The number of fused-ring (bicyclic) bond motifs is 3. The van der Waals surface area contributed by atoms with Crippen LogP contribution in [0.5, 0.6) is 0 Å². The van der Waals surface area contributed by atoms with Gasteiger partial charge in [0.2, 0.25) is 0 Å². The monoisotopic (exact) mass is 341 g/mol. The van der Waals surface area contributed by atoms with E-state index >= 15 is 0 Å². The van der Waals surface area contributed by atoms with Crippen LogP contribution in [-0.2, 0) is 32.7 Å². The molecule has 0 nitrogen and oxygen atoms in total. The topological polar surface area (TPSA) is 0 Å². The summed E-state index contributed by atoms with van der Waals surface area (Å²) in [6.07, 6.45) is 1.62. The molecule has 0 amide bonds. The van der Waals surface area contributed by atoms with Crippen LogP contribution in [0.3, 0.4) is 0 Å². The van der Waals surface area contributed by atoms with Gasteiger partial charge in [0.25, 0.3) is 0 Å². The molecule has 0 spiro atoms. The molecule has 0 N–H and O–H groups in total. The summed E-state index contributed by atoms with van der Waals surface area (Å²) in [5.41, 5.74) is 0.956. The summed E-state index contributed by atoms with van der Waals surface area (Å²) in [6.45, 7) is 5.69. The Kier molecular flexibility index (Phi) is 3.93. The first-order chi connectivity index (χ1) is 9.85. The minimum Gasteiger partial charge on any atom is -0.344 e. The van der Waals surface area contributed by atoms with Crippen molar-refractivity contribution in [1.82, 2.24) is 0 Å². The van der Waals surface area contributed by atoms with E-state index < -0.39 is 0 Å². The third kappa shape index (κ3) is 2.43. The van der Waals surface area contributed by atoms with Crippen molar-refractivity contribution >= 4 is 38.4 Å². The maximum absolute atomic E-state index is 5.69. The molecule has 1 radical (unpaired) electrons. The maximum atomic E-state index is 5.69. The van der Waals surface area contributed by atoms with Crippen molar-refractivity contribution in [3.05, 3.63) is 78.9 Å². The predicted octanol–water partition coefficient (Wildman–Crippen LogP) is 5.39. The Balaban J connectivity index is 0.00000132. The predicted molar refractivity (Wildman–Crippen MR) is 86.6 cm³/mol. The molecule has 4 rings (SSSR count). The fourth-order valence-corrected chi connectivity index (χ4v) is 2.82. The summed E-state index contributed by atoms with van der Waals surface area (Å²) in [5, 5.41) is 7.37. The van der Waals surface area contributed by atoms with Gasteiger partial charge in [-0.25, -0.2) is 6.07 Å². The van der Waals surface area contributed by atoms with Crippen LogP contribution in [0.1, 0.15) is 5.56 Å². The van der Waals surface area contributed by atoms with E-state index in [1.165, 1.54) is 26.9 Å². The Bertz CT molecular complexity index is 967. The van der Waals surface area contributed by atoms with Crippen LogP contribution in [0.4, 0.5) is 0 Å². The average molecular weight is 341 g/mol. The van der Waals surface area contributed by atoms with Gasteiger partial charge in [-0.15, -0.1) is 17.5 Å². The number of rotatable bonds is 1. The van der Waals surface area contributed by atoms with Crippen LogP contribution in [0.2, 0.25) is 0 Å². The van der Waals surface area contributed by atoms with Gasteiger partial charge in [-0.05, 0) is 33.7 Å². The van der Waals surface area contributed by atoms with Crippen LogP contribution in [0, 0.1) is 12.6 Å². The van der Waals surface area contributed by atoms with Crippen molar-refractivity contribution in [3.8, 4) is 0 Å². The molecule has 0 aliphatic carbocycles. The quantitative estimate of drug-likeness (QED) is 0.322. The Morgan fingerprint density at radius 3 is 2.05 bits per heavy atom. The molecule has 0 fully saturated rings. The van der Waals surface area contributed by atoms with Gasteiger partial charge in [0, 0.05) is 32.7 Å². The molecule has 0 saturated carbocycles. The zero-order valence-electron chi connectivity index (χ0n) is 11.5. The van der Waals surface area contributed by atoms with E-state index in [0.717, 1.165) is 10.9 Å². The smallest absolute Gasteiger partial charge is 0 e. The average Bonchev–Trinajstić information content (AvgIpc) is 2.50. The Morgan fingerprint density at radius 1 is 0.762 bits per heavy atom. The summed E-state index contributed by atoms with van der Waals surface area (Å²) < 4.78 is 0. The molecule has 0 aliphatic rings. The number of benzene rings is 4. The molecule has 0 atom stereocenters. The van der Waals surface area contributed by atoms with Gasteiger partial charge in [0.05, 0.1) is 0 Å². The zero-order valence-corrected chi connectivity index (χ0v) is 14.3. The van der Waals surface area contributed by atoms with E-state index in [2.05, 4.69) is 60.7 Å². The Labute approximate surface area is 149 Å². The van der Waals surface area contributed by atoms with Gasteiger partial charge in [-0.3, -0.25) is 5.56 Å². The largest absolute Gasteiger partial charge is 0.344 e. The molecule has 1 heteroatoms. The minimum absolute atomic E-state index is 0. The molecule has 0 saturated heterocycles. The standard InChI is InChI=1S/C20H12.Y/c1-2-14-8-5-9-17-12-18-10-15-6-3-4-7-16(15)11-19(18)13-20(14)17;/h1-7,9-13H;/q-2;. The number of hydrogen-bond donors (Lipinski definition) is 0. The van der Waals surface area contributed by atoms with Gasteiger partial charge in [0.15, 0.2) is 0 Å². The molecular formula is C20H12Y-2. The maximum Gasteiger partial charge on any atom is 0 e. The fraction of sp³-hybridized carbons (Fsp3) is 0. The third-order valence-electron chi connectivity index (χ3n) is 3.83. The zero-order chi connectivity index (χ0) is 13.5. The molecule has 0 bridgehead atoms. The first kappa shape index (κ1) is 14.4. The van der Waals surface area contributed by atoms with E-state index in [-0.39, 0.29) is 32.7 Å². The van der Waals surface area contributed by atoms with E-state index in [9.17, 15) is 0 Å². The van der Waals surface area contributed by atoms with Crippen LogP contribution in [0.15, 0.2) is 60.7 Å². The fourth-order valence-electron chi connectivity index (χ4n) is 2.82. The van der Waals surface area contributed by atoms with E-state index in [4.69, 9.17) is 6.58 Å². The van der Waals surface area contributed by atoms with E-state index in [1.807, 2.05) is 6.07 Å². The van der Waals surface area contributed by atoms with Gasteiger partial charge in [-0.1, -0.05) is 30.3 Å². The van der Waals surface area contributed by atoms with E-state index in [0.29, 0.717) is 0 Å². The second-order valence-corrected chi connectivity index (χ2v) is 5.04. The normalized spacial score (nSPS) is 10.7. The molecule has 0 heterocycles. The Morgan fingerprint density at radius 2 is 1.38 bits per heavy atom. The van der Waals surface area contributed by atoms with Gasteiger partial charge in [0.1, 0.15) is 0 Å². The van der Waals surface area contributed by atoms with Crippen molar-refractivity contribution in [2.24, 2.45) is 0 Å². The molecule has 4 aromatic rings. The van der Waals surface area contributed by atoms with Gasteiger partial charge in [-0.2, -0.15) is 11.5 Å². The first-order valence-corrected chi connectivity index (χ1v) is 6.67. The second kappa shape index (κ2) is 5.71. The van der Waals surface area contributed by atoms with Crippen molar-refractivity contribution in [2.45, 2.75) is 0 Å². The van der Waals surface area contributed by atoms with Crippen molar-refractivity contribution in [2.75, 3.05) is 0 Å². The molecule has 21 heavy (non-hydrogen) atoms. The number of hydrogen-bond acceptors (Lipinski definition) is 0. The van der Waals surface area contributed by atoms with Gasteiger partial charge < -0.3 is 12.7 Å². The van der Waals surface area contributed by atoms with E-state index in [1.54, 1.807) is 6.08 Å². The van der Waals surface area contributed by atoms with Crippen molar-refractivity contribution in [1.29, 1.82) is 0 Å². The van der Waals surface area contributed by atoms with Gasteiger partial charge >= 0.3 is 0 Å². The molecular weight excluding hydrogens is 329 g/mol. The second-order valence-electron chi connectivity index (χ2n) is 5.04. The summed E-state index contributed by atoms with van der Waals surface area (Å²) in [4.78, 5) is 0. The summed E-state index contributed by atoms with van der Waals surface area (Å²) >= 11 is 0. The molecule has 97 valence electrons. The third-order valence-corrected chi connectivity index (χ3v) is 3.83. The molecule has 0 aromatic heterocycles. The van der Waals surface area contributed by atoms with Crippen LogP contribution >= 0.6 is 0 Å². The SMILES string of the molecule is [CH-]=Cc1[c-]ccc2cc3cc4ccccc4cc3cc12.[Y]. The summed E-state index contributed by atoms with van der Waals surface area (Å²) in [7, 11) is 0. The molecule has 0 aliphatic heterocycles. The molecule has 4 aromatic carbocycles. The van der Waals surface area contributed by atoms with Crippen LogP contribution in [-0.4, -0.2) is 0 Å². The minimum atomic E-state index is 0. The summed E-state index contributed by atoms with van der Waals surface area (Å²) in [6, 6.07) is 24.5. The van der Waals surface area contributed by atoms with Crippen molar-refractivity contribution in [3.63, 3.8) is 0 Å². The van der Waals surface area contributed by atoms with Crippen molar-refractivity contribution < 1.29 is 32.7 Å². The summed E-state index contributed by atoms with van der Waals surface area (Å²) in [5.74, 6) is 0. The van der Waals surface area contributed by atoms with Crippen LogP contribution < -0.4 is 0 Å². The molecule has 0 unspecified atom stereocenters. The first-order valence-electron chi connectivity index (χ1n) is 6.67. The Hall–Kier alpha value is -1.50.